The number of aryl methyl sites for hydroxylation is 1. The second kappa shape index (κ2) is 4.28. The molecule has 0 aromatic carbocycles. The van der Waals surface area contributed by atoms with Gasteiger partial charge in [-0.15, -0.1) is 0 Å². The van der Waals surface area contributed by atoms with Crippen LogP contribution in [0.25, 0.3) is 0 Å². The van der Waals surface area contributed by atoms with E-state index in [1.54, 1.807) is 6.07 Å². The van der Waals surface area contributed by atoms with Gasteiger partial charge in [0.1, 0.15) is 11.4 Å². The maximum atomic E-state index is 10.8. The summed E-state index contributed by atoms with van der Waals surface area (Å²) in [6, 6.07) is 5.47. The number of carbonyl (C=O) groups is 1. The first-order chi connectivity index (χ1) is 7.66. The zero-order valence-electron chi connectivity index (χ0n) is 8.47. The number of nitrogens with zero attached hydrogens (tertiary/aromatic N) is 2. The molecule has 0 radical (unpaired) electrons. The van der Waals surface area contributed by atoms with Gasteiger partial charge in [-0.25, -0.2) is 9.78 Å². The normalized spacial score (nSPS) is 10.1. The number of rotatable bonds is 3. The van der Waals surface area contributed by atoms with Crippen LogP contribution in [0.2, 0.25) is 0 Å². The molecule has 16 heavy (non-hydrogen) atoms. The van der Waals surface area contributed by atoms with E-state index < -0.39 is 5.97 Å². The van der Waals surface area contributed by atoms with E-state index in [0.29, 0.717) is 11.6 Å². The number of nitrogens with one attached hydrogen (secondary N) is 1. The molecule has 2 N–H and O–H groups in total. The van der Waals surface area contributed by atoms with Gasteiger partial charge in [0, 0.05) is 11.1 Å². The van der Waals surface area contributed by atoms with Gasteiger partial charge in [0.05, 0.1) is 0 Å². The lowest BCUT2D eigenvalue weighted by Gasteiger charge is -2.03. The molecule has 0 unspecified atom stereocenters. The largest absolute Gasteiger partial charge is 0.478 e. The molecule has 0 fully saturated rings. The van der Waals surface area contributed by atoms with Gasteiger partial charge in [-0.3, -0.25) is 0 Å². The number of aromatic nitrogens is 2. The minimum atomic E-state index is -0.996. The van der Waals surface area contributed by atoms with Crippen molar-refractivity contribution in [2.45, 2.75) is 6.92 Å². The van der Waals surface area contributed by atoms with Gasteiger partial charge >= 0.3 is 5.97 Å². The van der Waals surface area contributed by atoms with Crippen LogP contribution < -0.4 is 5.32 Å². The van der Waals surface area contributed by atoms with E-state index in [4.69, 9.17) is 5.11 Å². The summed E-state index contributed by atoms with van der Waals surface area (Å²) in [5.74, 6) is -0.0760. The van der Waals surface area contributed by atoms with Gasteiger partial charge in [-0.2, -0.15) is 4.37 Å². The Morgan fingerprint density at radius 1 is 1.50 bits per heavy atom. The van der Waals surface area contributed by atoms with E-state index in [0.717, 1.165) is 17.2 Å². The van der Waals surface area contributed by atoms with E-state index in [1.165, 1.54) is 5.38 Å². The monoisotopic (exact) mass is 235 g/mol. The third-order valence-electron chi connectivity index (χ3n) is 1.93. The topological polar surface area (TPSA) is 75.1 Å². The highest BCUT2D eigenvalue weighted by Crippen LogP contribution is 2.20. The van der Waals surface area contributed by atoms with E-state index in [1.807, 2.05) is 19.1 Å². The Hall–Kier alpha value is -1.95. The summed E-state index contributed by atoms with van der Waals surface area (Å²) in [5, 5.41) is 13.3. The quantitative estimate of drug-likeness (QED) is 0.853. The first-order valence-corrected chi connectivity index (χ1v) is 5.39. The highest BCUT2D eigenvalue weighted by Gasteiger charge is 2.13. The molecule has 82 valence electrons. The summed E-state index contributed by atoms with van der Waals surface area (Å²) in [6.07, 6.45) is 0. The van der Waals surface area contributed by atoms with Crippen molar-refractivity contribution in [3.8, 4) is 0 Å². The molecule has 2 aromatic rings. The fourth-order valence-electron chi connectivity index (χ4n) is 1.21. The second-order valence-corrected chi connectivity index (χ2v) is 3.80. The minimum absolute atomic E-state index is 0.160. The fourth-order valence-corrected chi connectivity index (χ4v) is 1.83. The molecule has 2 heterocycles. The molecule has 0 aliphatic rings. The third kappa shape index (κ3) is 2.17. The van der Waals surface area contributed by atoms with E-state index in [2.05, 4.69) is 14.7 Å². The summed E-state index contributed by atoms with van der Waals surface area (Å²) in [4.78, 5) is 15.1. The van der Waals surface area contributed by atoms with Crippen LogP contribution >= 0.6 is 11.5 Å². The smallest absolute Gasteiger partial charge is 0.340 e. The molecule has 0 amide bonds. The van der Waals surface area contributed by atoms with Crippen molar-refractivity contribution in [2.24, 2.45) is 0 Å². The van der Waals surface area contributed by atoms with E-state index >= 15 is 0 Å². The van der Waals surface area contributed by atoms with Crippen molar-refractivity contribution in [3.05, 3.63) is 34.8 Å². The third-order valence-corrected chi connectivity index (χ3v) is 2.56. The molecule has 0 atom stereocenters. The van der Waals surface area contributed by atoms with Gasteiger partial charge in [0.2, 0.25) is 0 Å². The average Bonchev–Trinajstić information content (AvgIpc) is 2.66. The second-order valence-electron chi connectivity index (χ2n) is 3.17. The lowest BCUT2D eigenvalue weighted by molar-refractivity contribution is 0.0698. The number of hydrogen-bond donors (Lipinski definition) is 2. The van der Waals surface area contributed by atoms with Gasteiger partial charge in [-0.1, -0.05) is 6.07 Å². The molecule has 2 rings (SSSR count). The van der Waals surface area contributed by atoms with Gasteiger partial charge in [0.15, 0.2) is 5.82 Å². The molecule has 5 nitrogen and oxygen atoms in total. The van der Waals surface area contributed by atoms with Crippen molar-refractivity contribution < 1.29 is 9.90 Å². The Labute approximate surface area is 95.9 Å². The predicted molar refractivity (Wildman–Crippen MR) is 61.3 cm³/mol. The van der Waals surface area contributed by atoms with Crippen molar-refractivity contribution in [1.29, 1.82) is 0 Å². The number of anilines is 2. The standard InChI is InChI=1S/C10H9N3O2S/c1-6-3-2-4-8(11-6)12-9-7(10(14)15)5-16-13-9/h2-5H,1H3,(H,14,15)(H,11,12,13). The van der Waals surface area contributed by atoms with Crippen LogP contribution in [-0.4, -0.2) is 20.4 Å². The van der Waals surface area contributed by atoms with Gasteiger partial charge in [0.25, 0.3) is 0 Å². The molecule has 0 bridgehead atoms. The van der Waals surface area contributed by atoms with Crippen molar-refractivity contribution >= 4 is 29.1 Å². The average molecular weight is 235 g/mol. The first-order valence-electron chi connectivity index (χ1n) is 4.55. The minimum Gasteiger partial charge on any atom is -0.478 e. The number of carboxylic acid groups (broad SMARTS) is 1. The summed E-state index contributed by atoms with van der Waals surface area (Å²) in [6.45, 7) is 1.87. The van der Waals surface area contributed by atoms with Crippen LogP contribution in [0, 0.1) is 6.92 Å². The Morgan fingerprint density at radius 3 is 3.00 bits per heavy atom. The lowest BCUT2D eigenvalue weighted by Crippen LogP contribution is -2.01. The lowest BCUT2D eigenvalue weighted by atomic mass is 10.3. The molecule has 0 aliphatic carbocycles. The van der Waals surface area contributed by atoms with Crippen molar-refractivity contribution in [2.75, 3.05) is 5.32 Å². The van der Waals surface area contributed by atoms with Crippen LogP contribution in [0.4, 0.5) is 11.6 Å². The molecular weight excluding hydrogens is 226 g/mol. The summed E-state index contributed by atoms with van der Waals surface area (Å²) in [7, 11) is 0. The highest BCUT2D eigenvalue weighted by molar-refractivity contribution is 7.04. The first kappa shape index (κ1) is 10.6. The summed E-state index contributed by atoms with van der Waals surface area (Å²) < 4.78 is 3.97. The SMILES string of the molecule is Cc1cccc(Nc2nscc2C(=O)O)n1. The zero-order chi connectivity index (χ0) is 11.5. The van der Waals surface area contributed by atoms with Crippen molar-refractivity contribution in [3.63, 3.8) is 0 Å². The Morgan fingerprint density at radius 2 is 2.31 bits per heavy atom. The molecule has 0 saturated heterocycles. The fraction of sp³-hybridized carbons (Fsp3) is 0.100. The Bertz CT molecular complexity index is 524. The summed E-state index contributed by atoms with van der Waals surface area (Å²) in [5.41, 5.74) is 1.02. The number of aromatic carboxylic acids is 1. The van der Waals surface area contributed by atoms with Crippen LogP contribution in [0.5, 0.6) is 0 Å². The Balaban J connectivity index is 2.27. The maximum Gasteiger partial charge on any atom is 0.340 e. The molecular formula is C10H9N3O2S. The molecule has 0 saturated carbocycles. The highest BCUT2D eigenvalue weighted by atomic mass is 32.1. The van der Waals surface area contributed by atoms with Crippen LogP contribution in [0.1, 0.15) is 16.1 Å². The van der Waals surface area contributed by atoms with Crippen LogP contribution in [-0.2, 0) is 0 Å². The number of pyridine rings is 1. The Kier molecular flexibility index (Phi) is 2.82. The van der Waals surface area contributed by atoms with Gasteiger partial charge in [-0.05, 0) is 30.6 Å². The van der Waals surface area contributed by atoms with Crippen LogP contribution in [0.15, 0.2) is 23.6 Å². The van der Waals surface area contributed by atoms with Crippen LogP contribution in [0.3, 0.4) is 0 Å². The number of carboxylic acids is 1. The van der Waals surface area contributed by atoms with Gasteiger partial charge < -0.3 is 10.4 Å². The predicted octanol–water partition coefficient (Wildman–Crippen LogP) is 2.29. The van der Waals surface area contributed by atoms with E-state index in [-0.39, 0.29) is 5.56 Å². The van der Waals surface area contributed by atoms with Crippen molar-refractivity contribution in [1.82, 2.24) is 9.36 Å². The molecule has 0 aliphatic heterocycles. The molecule has 2 aromatic heterocycles. The molecule has 0 spiro atoms. The maximum absolute atomic E-state index is 10.8. The molecule has 6 heteroatoms. The summed E-state index contributed by atoms with van der Waals surface area (Å²) >= 11 is 1.10. The zero-order valence-corrected chi connectivity index (χ0v) is 9.28. The number of hydrogen-bond acceptors (Lipinski definition) is 5. The van der Waals surface area contributed by atoms with E-state index in [9.17, 15) is 4.79 Å².